The largest absolute Gasteiger partial charge is 0.496 e. The predicted molar refractivity (Wildman–Crippen MR) is 151 cm³/mol. The van der Waals surface area contributed by atoms with Crippen LogP contribution in [0.2, 0.25) is 5.02 Å². The van der Waals surface area contributed by atoms with Crippen LogP contribution in [0, 0.1) is 5.92 Å². The maximum Gasteiger partial charge on any atom is 0.266 e. The molecular weight excluding hydrogens is 504 g/mol. The fourth-order valence-corrected chi connectivity index (χ4v) is 6.73. The summed E-state index contributed by atoms with van der Waals surface area (Å²) in [7, 11) is 1.66. The number of ether oxygens (including phenoxy) is 1. The minimum Gasteiger partial charge on any atom is -0.496 e. The highest BCUT2D eigenvalue weighted by Gasteiger charge is 2.32. The van der Waals surface area contributed by atoms with Crippen molar-refractivity contribution < 1.29 is 9.53 Å². The van der Waals surface area contributed by atoms with Gasteiger partial charge in [-0.3, -0.25) is 4.79 Å². The molecule has 37 heavy (non-hydrogen) atoms. The van der Waals surface area contributed by atoms with Crippen LogP contribution < -0.4 is 10.5 Å². The molecule has 2 heterocycles. The lowest BCUT2D eigenvalue weighted by atomic mass is 9.83. The van der Waals surface area contributed by atoms with Gasteiger partial charge in [-0.25, -0.2) is 9.97 Å². The molecule has 192 valence electrons. The van der Waals surface area contributed by atoms with Crippen molar-refractivity contribution in [3.63, 3.8) is 0 Å². The Morgan fingerprint density at radius 3 is 2.51 bits per heavy atom. The number of benzene rings is 2. The molecule has 2 N–H and O–H groups in total. The molecule has 0 spiro atoms. The number of methoxy groups -OCH3 is 1. The second-order valence-electron chi connectivity index (χ2n) is 9.61. The number of anilines is 1. The Hall–Kier alpha value is -3.16. The van der Waals surface area contributed by atoms with E-state index in [-0.39, 0.29) is 17.9 Å². The average molecular weight is 535 g/mol. The molecule has 0 bridgehead atoms. The molecule has 8 heteroatoms. The first-order valence-corrected chi connectivity index (χ1v) is 13.9. The Morgan fingerprint density at radius 2 is 1.84 bits per heavy atom. The number of nitrogens with two attached hydrogens (primary N) is 1. The number of fused-ring (bicyclic) bond motifs is 1. The van der Waals surface area contributed by atoms with Crippen LogP contribution in [0.1, 0.15) is 54.3 Å². The smallest absolute Gasteiger partial charge is 0.266 e. The van der Waals surface area contributed by atoms with Gasteiger partial charge in [0.05, 0.1) is 12.1 Å². The summed E-state index contributed by atoms with van der Waals surface area (Å²) >= 11 is 8.24. The number of thiophene rings is 1. The van der Waals surface area contributed by atoms with Gasteiger partial charge in [-0.15, -0.1) is 11.3 Å². The Morgan fingerprint density at radius 1 is 1.11 bits per heavy atom. The molecule has 1 amide bonds. The normalized spacial score (nSPS) is 17.6. The van der Waals surface area contributed by atoms with Gasteiger partial charge in [-0.2, -0.15) is 0 Å². The van der Waals surface area contributed by atoms with Gasteiger partial charge < -0.3 is 15.4 Å². The van der Waals surface area contributed by atoms with E-state index in [0.717, 1.165) is 64.1 Å². The molecule has 0 saturated heterocycles. The first-order valence-electron chi connectivity index (χ1n) is 12.7. The van der Waals surface area contributed by atoms with Crippen molar-refractivity contribution in [2.24, 2.45) is 5.92 Å². The molecule has 1 aliphatic rings. The number of nitrogens with zero attached hydrogens (tertiary/aromatic N) is 3. The minimum absolute atomic E-state index is 0.0191. The van der Waals surface area contributed by atoms with E-state index in [0.29, 0.717) is 16.4 Å². The highest BCUT2D eigenvalue weighted by atomic mass is 35.5. The average Bonchev–Trinajstić information content (AvgIpc) is 3.28. The Bertz CT molecular complexity index is 1400. The highest BCUT2D eigenvalue weighted by molar-refractivity contribution is 7.21. The van der Waals surface area contributed by atoms with Crippen LogP contribution in [-0.4, -0.2) is 33.9 Å². The van der Waals surface area contributed by atoms with Crippen LogP contribution in [0.15, 0.2) is 54.9 Å². The van der Waals surface area contributed by atoms with Crippen molar-refractivity contribution in [1.29, 1.82) is 0 Å². The SMILES string of the molecule is CCC1CCC(N(Cc2cc(-c3cnc(N)nc3)ccc2OC)C(=O)c2sc3ccccc3c2Cl)CC1. The fourth-order valence-electron chi connectivity index (χ4n) is 5.27. The third-order valence-electron chi connectivity index (χ3n) is 7.45. The third kappa shape index (κ3) is 5.29. The van der Waals surface area contributed by atoms with E-state index in [4.69, 9.17) is 22.1 Å². The lowest BCUT2D eigenvalue weighted by molar-refractivity contribution is 0.0591. The molecule has 5 rings (SSSR count). The molecule has 2 aromatic heterocycles. The van der Waals surface area contributed by atoms with Crippen molar-refractivity contribution >= 4 is 44.9 Å². The van der Waals surface area contributed by atoms with E-state index < -0.39 is 0 Å². The first kappa shape index (κ1) is 25.5. The van der Waals surface area contributed by atoms with Crippen molar-refractivity contribution in [1.82, 2.24) is 14.9 Å². The molecule has 2 aromatic carbocycles. The Kier molecular flexibility index (Phi) is 7.63. The molecule has 6 nitrogen and oxygen atoms in total. The van der Waals surface area contributed by atoms with Crippen LogP contribution in [0.5, 0.6) is 5.75 Å². The quantitative estimate of drug-likeness (QED) is 0.271. The summed E-state index contributed by atoms with van der Waals surface area (Å²) in [5, 5.41) is 1.47. The molecule has 0 radical (unpaired) electrons. The lowest BCUT2D eigenvalue weighted by Gasteiger charge is -2.37. The fraction of sp³-hybridized carbons (Fsp3) is 0.345. The zero-order valence-electron chi connectivity index (χ0n) is 21.1. The van der Waals surface area contributed by atoms with E-state index in [1.807, 2.05) is 41.3 Å². The maximum atomic E-state index is 14.2. The van der Waals surface area contributed by atoms with E-state index in [1.54, 1.807) is 19.5 Å². The Labute approximate surface area is 226 Å². The Balaban J connectivity index is 1.52. The number of carbonyl (C=O) groups excluding carboxylic acids is 1. The molecule has 1 fully saturated rings. The second-order valence-corrected chi connectivity index (χ2v) is 11.0. The van der Waals surface area contributed by atoms with Gasteiger partial charge in [-0.1, -0.05) is 49.2 Å². The van der Waals surface area contributed by atoms with Crippen molar-refractivity contribution in [2.45, 2.75) is 51.6 Å². The van der Waals surface area contributed by atoms with Crippen LogP contribution in [0.25, 0.3) is 21.2 Å². The van der Waals surface area contributed by atoms with Crippen molar-refractivity contribution in [3.05, 3.63) is 70.3 Å². The van der Waals surface area contributed by atoms with Crippen LogP contribution in [0.3, 0.4) is 0 Å². The van der Waals surface area contributed by atoms with E-state index in [1.165, 1.54) is 17.8 Å². The van der Waals surface area contributed by atoms with Gasteiger partial charge in [0.1, 0.15) is 10.6 Å². The minimum atomic E-state index is -0.0191. The summed E-state index contributed by atoms with van der Waals surface area (Å²) < 4.78 is 6.74. The first-order chi connectivity index (χ1) is 18.0. The molecular formula is C29H31ClN4O2S. The van der Waals surface area contributed by atoms with Crippen molar-refractivity contribution in [2.75, 3.05) is 12.8 Å². The highest BCUT2D eigenvalue weighted by Crippen LogP contribution is 2.39. The molecule has 1 saturated carbocycles. The van der Waals surface area contributed by atoms with Gasteiger partial charge >= 0.3 is 0 Å². The third-order valence-corrected chi connectivity index (χ3v) is 9.11. The van der Waals surface area contributed by atoms with E-state index >= 15 is 0 Å². The van der Waals surface area contributed by atoms with Crippen LogP contribution in [0.4, 0.5) is 5.95 Å². The molecule has 0 unspecified atom stereocenters. The van der Waals surface area contributed by atoms with Gasteiger partial charge in [0.2, 0.25) is 5.95 Å². The molecule has 1 aliphatic carbocycles. The number of nitrogen functional groups attached to an aromatic ring is 1. The van der Waals surface area contributed by atoms with Crippen LogP contribution >= 0.6 is 22.9 Å². The number of aromatic nitrogens is 2. The van der Waals surface area contributed by atoms with Gasteiger partial charge in [-0.05, 0) is 55.4 Å². The summed E-state index contributed by atoms with van der Waals surface area (Å²) in [6.07, 6.45) is 8.83. The molecule has 4 aromatic rings. The number of amides is 1. The van der Waals surface area contributed by atoms with E-state index in [2.05, 4.69) is 23.0 Å². The van der Waals surface area contributed by atoms with E-state index in [9.17, 15) is 4.79 Å². The number of rotatable bonds is 7. The summed E-state index contributed by atoms with van der Waals surface area (Å²) in [5.41, 5.74) is 8.41. The topological polar surface area (TPSA) is 81.3 Å². The number of halogens is 1. The summed E-state index contributed by atoms with van der Waals surface area (Å²) in [6, 6.07) is 14.0. The summed E-state index contributed by atoms with van der Waals surface area (Å²) in [4.78, 5) is 25.0. The predicted octanol–water partition coefficient (Wildman–Crippen LogP) is 7.21. The van der Waals surface area contributed by atoms with Crippen molar-refractivity contribution in [3.8, 4) is 16.9 Å². The monoisotopic (exact) mass is 534 g/mol. The summed E-state index contributed by atoms with van der Waals surface area (Å²) in [6.45, 7) is 2.68. The van der Waals surface area contributed by atoms with Crippen LogP contribution in [-0.2, 0) is 6.54 Å². The van der Waals surface area contributed by atoms with Gasteiger partial charge in [0.25, 0.3) is 5.91 Å². The molecule has 0 aliphatic heterocycles. The molecule has 0 atom stereocenters. The standard InChI is InChI=1S/C29H31ClN4O2S/c1-3-18-8-11-22(12-9-18)34(28(35)27-26(30)23-6-4-5-7-25(23)37-27)17-20-14-19(10-13-24(20)36-2)21-15-32-29(31)33-16-21/h4-7,10,13-16,18,22H,3,8-9,11-12,17H2,1-2H3,(H2,31,32,33). The zero-order chi connectivity index (χ0) is 25.9. The number of hydrogen-bond acceptors (Lipinski definition) is 6. The number of carbonyl (C=O) groups is 1. The second kappa shape index (κ2) is 11.1. The zero-order valence-corrected chi connectivity index (χ0v) is 22.7. The maximum absolute atomic E-state index is 14.2. The lowest BCUT2D eigenvalue weighted by Crippen LogP contribution is -2.41. The van der Waals surface area contributed by atoms with Gasteiger partial charge in [0.15, 0.2) is 0 Å². The summed E-state index contributed by atoms with van der Waals surface area (Å²) in [5.74, 6) is 1.68. The van der Waals surface area contributed by atoms with Gasteiger partial charge in [0, 0.05) is 46.2 Å². The number of hydrogen-bond donors (Lipinski definition) is 1.